The number of nitrogens with zero attached hydrogens (tertiary/aromatic N) is 2. The number of aromatic nitrogens is 1. The van der Waals surface area contributed by atoms with Crippen LogP contribution in [-0.4, -0.2) is 28.9 Å². The van der Waals surface area contributed by atoms with E-state index >= 15 is 0 Å². The molecule has 2 heterocycles. The number of fused-ring (bicyclic) bond motifs is 1. The Bertz CT molecular complexity index is 1160. The third-order valence-corrected chi connectivity index (χ3v) is 7.23. The molecule has 1 aliphatic rings. The van der Waals surface area contributed by atoms with Crippen LogP contribution in [0.5, 0.6) is 0 Å². The van der Waals surface area contributed by atoms with Gasteiger partial charge in [-0.3, -0.25) is 15.0 Å². The molecule has 0 atom stereocenters. The first kappa shape index (κ1) is 18.5. The molecule has 29 heavy (non-hydrogen) atoms. The van der Waals surface area contributed by atoms with Crippen molar-refractivity contribution in [2.75, 3.05) is 12.4 Å². The molecule has 1 N–H and O–H groups in total. The van der Waals surface area contributed by atoms with E-state index in [1.807, 2.05) is 30.3 Å². The summed E-state index contributed by atoms with van der Waals surface area (Å²) in [5.41, 5.74) is 3.35. The number of thiazole rings is 1. The van der Waals surface area contributed by atoms with E-state index < -0.39 is 0 Å². The maximum absolute atomic E-state index is 12.7. The molecule has 1 amide bonds. The number of nitrogens with one attached hydrogen (secondary N) is 1. The molecule has 146 valence electrons. The smallest absolute Gasteiger partial charge is 0.267 e. The summed E-state index contributed by atoms with van der Waals surface area (Å²) in [6.07, 6.45) is 2.62. The Hall–Kier alpha value is -2.54. The number of benzene rings is 2. The van der Waals surface area contributed by atoms with Crippen LogP contribution in [0.1, 0.15) is 28.1 Å². The largest absolute Gasteiger partial charge is 0.299 e. The van der Waals surface area contributed by atoms with Crippen LogP contribution in [0.3, 0.4) is 0 Å². The van der Waals surface area contributed by atoms with E-state index in [4.69, 9.17) is 0 Å². The molecule has 0 aliphatic heterocycles. The van der Waals surface area contributed by atoms with E-state index in [1.165, 1.54) is 41.1 Å². The van der Waals surface area contributed by atoms with E-state index in [0.717, 1.165) is 33.2 Å². The molecule has 2 aromatic heterocycles. The summed E-state index contributed by atoms with van der Waals surface area (Å²) < 4.78 is 1.11. The monoisotopic (exact) mass is 419 g/mol. The number of carbonyl (C=O) groups excluding carboxylic acids is 1. The topological polar surface area (TPSA) is 45.2 Å². The summed E-state index contributed by atoms with van der Waals surface area (Å²) in [7, 11) is 2.19. The van der Waals surface area contributed by atoms with Gasteiger partial charge >= 0.3 is 0 Å². The lowest BCUT2D eigenvalue weighted by molar-refractivity contribution is 0.103. The average Bonchev–Trinajstić information content (AvgIpc) is 3.33. The minimum absolute atomic E-state index is 0.107. The summed E-state index contributed by atoms with van der Waals surface area (Å²) in [6.45, 7) is 0.956. The zero-order valence-electron chi connectivity index (χ0n) is 16.1. The van der Waals surface area contributed by atoms with Gasteiger partial charge in [0.2, 0.25) is 0 Å². The minimum atomic E-state index is -0.107. The summed E-state index contributed by atoms with van der Waals surface area (Å²) in [6, 6.07) is 21.1. The van der Waals surface area contributed by atoms with Crippen molar-refractivity contribution in [3.63, 3.8) is 0 Å². The zero-order valence-corrected chi connectivity index (χ0v) is 17.7. The van der Waals surface area contributed by atoms with Gasteiger partial charge in [0.25, 0.3) is 5.91 Å². The van der Waals surface area contributed by atoms with Crippen LogP contribution >= 0.6 is 22.7 Å². The Morgan fingerprint density at radius 3 is 2.72 bits per heavy atom. The Morgan fingerprint density at radius 1 is 1.10 bits per heavy atom. The lowest BCUT2D eigenvalue weighted by atomic mass is 10.2. The highest BCUT2D eigenvalue weighted by Gasteiger charge is 2.25. The first-order chi connectivity index (χ1) is 14.2. The van der Waals surface area contributed by atoms with E-state index in [0.29, 0.717) is 10.0 Å². The molecule has 0 saturated heterocycles. The number of hydrogen-bond donors (Lipinski definition) is 1. The van der Waals surface area contributed by atoms with Gasteiger partial charge in [-0.25, -0.2) is 4.98 Å². The number of hydrogen-bond acceptors (Lipinski definition) is 5. The Balaban J connectivity index is 1.31. The third kappa shape index (κ3) is 4.10. The molecule has 1 aliphatic carbocycles. The van der Waals surface area contributed by atoms with Crippen LogP contribution in [0.25, 0.3) is 20.7 Å². The lowest BCUT2D eigenvalue weighted by Crippen LogP contribution is -2.19. The van der Waals surface area contributed by atoms with Gasteiger partial charge in [-0.15, -0.1) is 11.3 Å². The summed E-state index contributed by atoms with van der Waals surface area (Å²) >= 11 is 3.03. The van der Waals surface area contributed by atoms with Gasteiger partial charge in [0, 0.05) is 17.5 Å². The Labute approximate surface area is 177 Å². The van der Waals surface area contributed by atoms with Crippen LogP contribution in [0.2, 0.25) is 0 Å². The van der Waals surface area contributed by atoms with Crippen molar-refractivity contribution < 1.29 is 4.79 Å². The molecule has 4 nitrogen and oxygen atoms in total. The lowest BCUT2D eigenvalue weighted by Gasteiger charge is -2.15. The highest BCUT2D eigenvalue weighted by Crippen LogP contribution is 2.31. The number of rotatable bonds is 6. The molecule has 5 rings (SSSR count). The molecule has 0 bridgehead atoms. The molecule has 2 aromatic carbocycles. The second kappa shape index (κ2) is 7.71. The molecule has 4 aromatic rings. The normalized spacial score (nSPS) is 13.9. The van der Waals surface area contributed by atoms with Crippen molar-refractivity contribution in [2.24, 2.45) is 0 Å². The van der Waals surface area contributed by atoms with Crippen molar-refractivity contribution in [1.82, 2.24) is 9.88 Å². The average molecular weight is 420 g/mol. The molecule has 0 spiro atoms. The van der Waals surface area contributed by atoms with E-state index in [-0.39, 0.29) is 5.91 Å². The number of anilines is 1. The maximum atomic E-state index is 12.7. The quantitative estimate of drug-likeness (QED) is 0.425. The van der Waals surface area contributed by atoms with E-state index in [1.54, 1.807) is 0 Å². The maximum Gasteiger partial charge on any atom is 0.267 e. The fourth-order valence-electron chi connectivity index (χ4n) is 3.43. The van der Waals surface area contributed by atoms with Crippen molar-refractivity contribution in [3.05, 3.63) is 71.1 Å². The Kier molecular flexibility index (Phi) is 4.91. The first-order valence-corrected chi connectivity index (χ1v) is 11.4. The number of thiophene rings is 1. The number of carbonyl (C=O) groups is 1. The zero-order chi connectivity index (χ0) is 19.8. The van der Waals surface area contributed by atoms with Crippen molar-refractivity contribution in [3.8, 4) is 10.4 Å². The van der Waals surface area contributed by atoms with E-state index in [2.05, 4.69) is 52.6 Å². The Morgan fingerprint density at radius 2 is 1.93 bits per heavy atom. The van der Waals surface area contributed by atoms with Gasteiger partial charge in [0.15, 0.2) is 5.13 Å². The van der Waals surface area contributed by atoms with Gasteiger partial charge < -0.3 is 0 Å². The third-order valence-electron chi connectivity index (χ3n) is 5.16. The van der Waals surface area contributed by atoms with Gasteiger partial charge in [0.1, 0.15) is 0 Å². The number of amides is 1. The van der Waals surface area contributed by atoms with Crippen LogP contribution in [0, 0.1) is 0 Å². The SMILES string of the molecule is CN(Cc1ccc2nc(NC(=O)c3ccc(-c4ccccc4)s3)sc2c1)C1CC1. The van der Waals surface area contributed by atoms with Crippen molar-refractivity contribution in [2.45, 2.75) is 25.4 Å². The summed E-state index contributed by atoms with van der Waals surface area (Å²) in [5.74, 6) is -0.107. The first-order valence-electron chi connectivity index (χ1n) is 9.72. The molecule has 6 heteroatoms. The fraction of sp³-hybridized carbons (Fsp3) is 0.217. The predicted octanol–water partition coefficient (Wildman–Crippen LogP) is 5.87. The van der Waals surface area contributed by atoms with Crippen LogP contribution < -0.4 is 5.32 Å². The van der Waals surface area contributed by atoms with Crippen LogP contribution in [-0.2, 0) is 6.54 Å². The summed E-state index contributed by atoms with van der Waals surface area (Å²) in [5, 5.41) is 3.62. The van der Waals surface area contributed by atoms with Crippen molar-refractivity contribution >= 4 is 43.9 Å². The summed E-state index contributed by atoms with van der Waals surface area (Å²) in [4.78, 5) is 21.5. The molecule has 1 fully saturated rings. The van der Waals surface area contributed by atoms with Gasteiger partial charge in [-0.2, -0.15) is 0 Å². The van der Waals surface area contributed by atoms with Crippen LogP contribution in [0.4, 0.5) is 5.13 Å². The molecule has 0 radical (unpaired) electrons. The van der Waals surface area contributed by atoms with Gasteiger partial charge in [-0.05, 0) is 55.3 Å². The molecular formula is C23H21N3OS2. The highest BCUT2D eigenvalue weighted by molar-refractivity contribution is 7.22. The van der Waals surface area contributed by atoms with E-state index in [9.17, 15) is 4.79 Å². The van der Waals surface area contributed by atoms with Crippen molar-refractivity contribution in [1.29, 1.82) is 0 Å². The standard InChI is InChI=1S/C23H21N3OS2/c1-26(17-8-9-17)14-15-7-10-18-21(13-15)29-23(24-18)25-22(27)20-12-11-19(28-20)16-5-3-2-4-6-16/h2-7,10-13,17H,8-9,14H2,1H3,(H,24,25,27). The predicted molar refractivity (Wildman–Crippen MR) is 122 cm³/mol. The second-order valence-corrected chi connectivity index (χ2v) is 9.57. The second-order valence-electron chi connectivity index (χ2n) is 7.45. The molecule has 0 unspecified atom stereocenters. The molecule has 1 saturated carbocycles. The van der Waals surface area contributed by atoms with Gasteiger partial charge in [0.05, 0.1) is 15.1 Å². The fourth-order valence-corrected chi connectivity index (χ4v) is 5.26. The van der Waals surface area contributed by atoms with Crippen LogP contribution in [0.15, 0.2) is 60.7 Å². The van der Waals surface area contributed by atoms with Gasteiger partial charge in [-0.1, -0.05) is 47.7 Å². The minimum Gasteiger partial charge on any atom is -0.299 e. The molecular weight excluding hydrogens is 398 g/mol. The highest BCUT2D eigenvalue weighted by atomic mass is 32.1.